The lowest BCUT2D eigenvalue weighted by molar-refractivity contribution is -0.380. The fraction of sp³-hybridized carbons (Fsp3) is 0.308. The van der Waals surface area contributed by atoms with Gasteiger partial charge < -0.3 is 10.1 Å². The van der Waals surface area contributed by atoms with E-state index >= 15 is 0 Å². The third-order valence-electron chi connectivity index (χ3n) is 3.37. The minimum Gasteiger partial charge on any atom is -0.493 e. The Bertz CT molecular complexity index is 643. The molecule has 1 N–H and O–H groups in total. The molecule has 0 aliphatic carbocycles. The second-order valence-electron chi connectivity index (χ2n) is 4.65. The van der Waals surface area contributed by atoms with Gasteiger partial charge in [0.1, 0.15) is 11.9 Å². The van der Waals surface area contributed by atoms with Gasteiger partial charge in [-0.05, 0) is 24.3 Å². The first-order chi connectivity index (χ1) is 9.65. The van der Waals surface area contributed by atoms with Crippen molar-refractivity contribution in [1.29, 1.82) is 0 Å². The molecule has 0 amide bonds. The highest BCUT2D eigenvalue weighted by Crippen LogP contribution is 2.37. The van der Waals surface area contributed by atoms with E-state index in [0.29, 0.717) is 11.7 Å². The molecule has 104 valence electrons. The average molecular weight is 291 g/mol. The van der Waals surface area contributed by atoms with E-state index in [1.165, 1.54) is 11.8 Å². The van der Waals surface area contributed by atoms with Crippen molar-refractivity contribution in [3.63, 3.8) is 0 Å². The zero-order valence-electron chi connectivity index (χ0n) is 10.8. The van der Waals surface area contributed by atoms with Crippen LogP contribution in [0.1, 0.15) is 18.4 Å². The molecule has 6 nitrogen and oxygen atoms in total. The van der Waals surface area contributed by atoms with E-state index < -0.39 is 4.92 Å². The lowest BCUT2D eigenvalue weighted by Gasteiger charge is -2.19. The van der Waals surface area contributed by atoms with E-state index in [-0.39, 0.29) is 17.0 Å². The van der Waals surface area contributed by atoms with Crippen LogP contribution in [-0.2, 0) is 0 Å². The second-order valence-corrected chi connectivity index (χ2v) is 5.66. The number of ether oxygens (including phenoxy) is 1. The molecule has 2 atom stereocenters. The summed E-state index contributed by atoms with van der Waals surface area (Å²) in [4.78, 5) is 14.2. The predicted octanol–water partition coefficient (Wildman–Crippen LogP) is 3.03. The van der Waals surface area contributed by atoms with Gasteiger partial charge in [0.05, 0.1) is 11.5 Å². The molecular weight excluding hydrogens is 278 g/mol. The molecule has 2 aromatic rings. The van der Waals surface area contributed by atoms with Gasteiger partial charge in [0.2, 0.25) is 0 Å². The van der Waals surface area contributed by atoms with Gasteiger partial charge in [-0.15, -0.1) is 0 Å². The maximum Gasteiger partial charge on any atom is 0.345 e. The van der Waals surface area contributed by atoms with E-state index in [4.69, 9.17) is 4.74 Å². The lowest BCUT2D eigenvalue weighted by Crippen LogP contribution is -2.25. The van der Waals surface area contributed by atoms with Crippen LogP contribution in [0.25, 0.3) is 0 Å². The van der Waals surface area contributed by atoms with Gasteiger partial charge in [0.25, 0.3) is 0 Å². The van der Waals surface area contributed by atoms with E-state index in [2.05, 4.69) is 16.4 Å². The fourth-order valence-corrected chi connectivity index (χ4v) is 3.04. The molecule has 1 aromatic heterocycles. The SMILES string of the molecule is C[C@H](Nc1ncc([N+](=O)[O-])s1)[C@@H]1COc2ccccc21. The molecule has 1 aliphatic rings. The Hall–Kier alpha value is -2.15. The summed E-state index contributed by atoms with van der Waals surface area (Å²) in [6.07, 6.45) is 1.28. The van der Waals surface area contributed by atoms with E-state index in [9.17, 15) is 10.1 Å². The molecule has 0 saturated heterocycles. The molecule has 20 heavy (non-hydrogen) atoms. The lowest BCUT2D eigenvalue weighted by atomic mass is 9.95. The molecule has 3 rings (SSSR count). The van der Waals surface area contributed by atoms with Gasteiger partial charge in [0.15, 0.2) is 5.13 Å². The van der Waals surface area contributed by atoms with Crippen molar-refractivity contribution in [2.75, 3.05) is 11.9 Å². The summed E-state index contributed by atoms with van der Waals surface area (Å²) in [5.74, 6) is 1.13. The Morgan fingerprint density at radius 2 is 2.35 bits per heavy atom. The molecule has 2 heterocycles. The third kappa shape index (κ3) is 2.32. The normalized spacial score (nSPS) is 18.1. The number of hydrogen-bond donors (Lipinski definition) is 1. The van der Waals surface area contributed by atoms with Gasteiger partial charge >= 0.3 is 5.00 Å². The Morgan fingerprint density at radius 3 is 3.10 bits per heavy atom. The monoisotopic (exact) mass is 291 g/mol. The molecule has 0 saturated carbocycles. The summed E-state index contributed by atoms with van der Waals surface area (Å²) >= 11 is 1.05. The summed E-state index contributed by atoms with van der Waals surface area (Å²) in [6, 6.07) is 8.03. The molecule has 1 aliphatic heterocycles. The molecule has 0 unspecified atom stereocenters. The molecule has 0 radical (unpaired) electrons. The number of thiazole rings is 1. The van der Waals surface area contributed by atoms with Crippen molar-refractivity contribution < 1.29 is 9.66 Å². The molecule has 1 aromatic carbocycles. The smallest absolute Gasteiger partial charge is 0.345 e. The number of nitro groups is 1. The number of hydrogen-bond acceptors (Lipinski definition) is 6. The first-order valence-electron chi connectivity index (χ1n) is 6.23. The topological polar surface area (TPSA) is 77.3 Å². The molecular formula is C13H13N3O3S. The first-order valence-corrected chi connectivity index (χ1v) is 7.05. The average Bonchev–Trinajstić information content (AvgIpc) is 3.04. The minimum atomic E-state index is -0.429. The number of nitrogens with zero attached hydrogens (tertiary/aromatic N) is 2. The Labute approximate surface area is 119 Å². The number of aromatic nitrogens is 1. The number of anilines is 1. The van der Waals surface area contributed by atoms with Gasteiger partial charge in [-0.3, -0.25) is 10.1 Å². The predicted molar refractivity (Wildman–Crippen MR) is 76.5 cm³/mol. The van der Waals surface area contributed by atoms with Crippen LogP contribution in [0, 0.1) is 10.1 Å². The number of benzene rings is 1. The van der Waals surface area contributed by atoms with Crippen LogP contribution in [0.5, 0.6) is 5.75 Å². The summed E-state index contributed by atoms with van der Waals surface area (Å²) in [6.45, 7) is 2.64. The van der Waals surface area contributed by atoms with Gasteiger partial charge in [0, 0.05) is 17.5 Å². The quantitative estimate of drug-likeness (QED) is 0.692. The standard InChI is InChI=1S/C13H13N3O3S/c1-8(15-13-14-6-12(20-13)16(17)18)10-7-19-11-5-3-2-4-9(10)11/h2-6,8,10H,7H2,1H3,(H,14,15)/t8-,10-/m0/s1. The van der Waals surface area contributed by atoms with Gasteiger partial charge in [-0.1, -0.05) is 18.2 Å². The van der Waals surface area contributed by atoms with Crippen molar-refractivity contribution in [2.24, 2.45) is 0 Å². The maximum atomic E-state index is 10.6. The van der Waals surface area contributed by atoms with Gasteiger partial charge in [-0.25, -0.2) is 4.98 Å². The number of rotatable bonds is 4. The van der Waals surface area contributed by atoms with Crippen molar-refractivity contribution in [3.8, 4) is 5.75 Å². The zero-order chi connectivity index (χ0) is 14.1. The largest absolute Gasteiger partial charge is 0.493 e. The van der Waals surface area contributed by atoms with Gasteiger partial charge in [-0.2, -0.15) is 0 Å². The van der Waals surface area contributed by atoms with Crippen LogP contribution < -0.4 is 10.1 Å². The van der Waals surface area contributed by atoms with E-state index in [1.54, 1.807) is 0 Å². The number of fused-ring (bicyclic) bond motifs is 1. The number of para-hydroxylation sites is 1. The Balaban J connectivity index is 1.74. The van der Waals surface area contributed by atoms with Crippen LogP contribution in [0.3, 0.4) is 0 Å². The molecule has 0 bridgehead atoms. The van der Waals surface area contributed by atoms with Crippen LogP contribution in [0.2, 0.25) is 0 Å². The minimum absolute atomic E-state index is 0.0442. The van der Waals surface area contributed by atoms with Crippen LogP contribution in [-0.4, -0.2) is 22.6 Å². The molecule has 0 fully saturated rings. The van der Waals surface area contributed by atoms with Crippen LogP contribution in [0.15, 0.2) is 30.5 Å². The van der Waals surface area contributed by atoms with Crippen LogP contribution in [0.4, 0.5) is 10.1 Å². The van der Waals surface area contributed by atoms with Crippen molar-refractivity contribution in [2.45, 2.75) is 18.9 Å². The Morgan fingerprint density at radius 1 is 1.55 bits per heavy atom. The summed E-state index contributed by atoms with van der Waals surface area (Å²) in [5, 5.41) is 14.5. The highest BCUT2D eigenvalue weighted by atomic mass is 32.1. The van der Waals surface area contributed by atoms with E-state index in [0.717, 1.165) is 17.1 Å². The molecule has 7 heteroatoms. The maximum absolute atomic E-state index is 10.6. The Kier molecular flexibility index (Phi) is 3.27. The van der Waals surface area contributed by atoms with E-state index in [1.807, 2.05) is 25.1 Å². The third-order valence-corrected chi connectivity index (χ3v) is 4.25. The van der Waals surface area contributed by atoms with Crippen molar-refractivity contribution >= 4 is 21.5 Å². The highest BCUT2D eigenvalue weighted by Gasteiger charge is 2.29. The highest BCUT2D eigenvalue weighted by molar-refractivity contribution is 7.18. The second kappa shape index (κ2) is 5.09. The number of nitrogens with one attached hydrogen (secondary N) is 1. The van der Waals surface area contributed by atoms with Crippen molar-refractivity contribution in [3.05, 3.63) is 46.1 Å². The zero-order valence-corrected chi connectivity index (χ0v) is 11.6. The van der Waals surface area contributed by atoms with Crippen LogP contribution >= 0.6 is 11.3 Å². The fourth-order valence-electron chi connectivity index (χ4n) is 2.31. The van der Waals surface area contributed by atoms with Crippen molar-refractivity contribution in [1.82, 2.24) is 4.98 Å². The summed E-state index contributed by atoms with van der Waals surface area (Å²) < 4.78 is 5.65. The summed E-state index contributed by atoms with van der Waals surface area (Å²) in [5.41, 5.74) is 1.17. The summed E-state index contributed by atoms with van der Waals surface area (Å²) in [7, 11) is 0. The molecule has 0 spiro atoms. The first kappa shape index (κ1) is 12.9.